The largest absolute Gasteiger partial charge is 0.317 e. The summed E-state index contributed by atoms with van der Waals surface area (Å²) in [5.74, 6) is -2.59. The molecule has 0 spiro atoms. The summed E-state index contributed by atoms with van der Waals surface area (Å²) in [5, 5.41) is 2.29. The first-order chi connectivity index (χ1) is 8.58. The van der Waals surface area contributed by atoms with Gasteiger partial charge in [0.15, 0.2) is 0 Å². The van der Waals surface area contributed by atoms with Crippen LogP contribution in [-0.2, 0) is 0 Å². The molecule has 0 bridgehead atoms. The maximum absolute atomic E-state index is 13.2. The quantitative estimate of drug-likeness (QED) is 0.831. The minimum atomic E-state index is -1.07. The van der Waals surface area contributed by atoms with Gasteiger partial charge >= 0.3 is 0 Å². The number of pyridine rings is 2. The van der Waals surface area contributed by atoms with Crippen molar-refractivity contribution >= 4 is 11.6 Å². The first-order valence-electron chi connectivity index (χ1n) is 5.13. The molecule has 0 aliphatic carbocycles. The monoisotopic (exact) mass is 249 g/mol. The van der Waals surface area contributed by atoms with Crippen LogP contribution in [0.15, 0.2) is 30.5 Å². The van der Waals surface area contributed by atoms with Crippen LogP contribution < -0.4 is 5.32 Å². The van der Waals surface area contributed by atoms with Gasteiger partial charge < -0.3 is 5.32 Å². The fourth-order valence-electron chi connectivity index (χ4n) is 1.41. The van der Waals surface area contributed by atoms with Crippen LogP contribution in [0, 0.1) is 18.8 Å². The first kappa shape index (κ1) is 12.1. The summed E-state index contributed by atoms with van der Waals surface area (Å²) in [6.45, 7) is 1.71. The Hall–Kier alpha value is -2.37. The van der Waals surface area contributed by atoms with Crippen LogP contribution in [0.4, 0.5) is 14.5 Å². The molecule has 0 aromatic carbocycles. The molecule has 0 saturated heterocycles. The lowest BCUT2D eigenvalue weighted by molar-refractivity contribution is 0.102. The lowest BCUT2D eigenvalue weighted by Crippen LogP contribution is -2.16. The van der Waals surface area contributed by atoms with Crippen LogP contribution in [0.25, 0.3) is 0 Å². The van der Waals surface area contributed by atoms with Gasteiger partial charge in [0, 0.05) is 6.20 Å². The van der Waals surface area contributed by atoms with E-state index in [9.17, 15) is 13.6 Å². The zero-order valence-electron chi connectivity index (χ0n) is 9.45. The van der Waals surface area contributed by atoms with Crippen molar-refractivity contribution in [3.8, 4) is 0 Å². The van der Waals surface area contributed by atoms with Crippen LogP contribution in [0.3, 0.4) is 0 Å². The predicted octanol–water partition coefficient (Wildman–Crippen LogP) is 2.32. The maximum atomic E-state index is 13.2. The highest BCUT2D eigenvalue weighted by atomic mass is 19.1. The number of nitrogens with zero attached hydrogens (tertiary/aromatic N) is 2. The minimum Gasteiger partial charge on any atom is -0.317 e. The number of carbonyl (C=O) groups is 1. The molecule has 18 heavy (non-hydrogen) atoms. The number of halogens is 2. The zero-order chi connectivity index (χ0) is 13.1. The molecular formula is C12H9F2N3O. The van der Waals surface area contributed by atoms with E-state index in [0.717, 1.165) is 12.1 Å². The van der Waals surface area contributed by atoms with E-state index in [1.54, 1.807) is 19.1 Å². The number of rotatable bonds is 2. The molecule has 0 aliphatic rings. The number of nitrogens with one attached hydrogen (secondary N) is 1. The van der Waals surface area contributed by atoms with E-state index in [0.29, 0.717) is 5.56 Å². The molecule has 1 N–H and O–H groups in total. The highest BCUT2D eigenvalue weighted by Gasteiger charge is 2.13. The van der Waals surface area contributed by atoms with Crippen LogP contribution in [0.5, 0.6) is 0 Å². The van der Waals surface area contributed by atoms with Crippen LogP contribution in [0.1, 0.15) is 16.1 Å². The number of amides is 1. The average Bonchev–Trinajstić information content (AvgIpc) is 2.33. The SMILES string of the molecule is Cc1cccnc1C(=O)Nc1ccc(F)nc1F. The van der Waals surface area contributed by atoms with Gasteiger partial charge in [0.25, 0.3) is 5.91 Å². The Morgan fingerprint density at radius 2 is 2.06 bits per heavy atom. The van der Waals surface area contributed by atoms with Gasteiger partial charge in [-0.15, -0.1) is 0 Å². The van der Waals surface area contributed by atoms with Crippen LogP contribution in [-0.4, -0.2) is 15.9 Å². The smallest absolute Gasteiger partial charge is 0.274 e. The predicted molar refractivity (Wildman–Crippen MR) is 61.1 cm³/mol. The third kappa shape index (κ3) is 2.48. The number of anilines is 1. The van der Waals surface area contributed by atoms with Gasteiger partial charge in [-0.25, -0.2) is 0 Å². The molecule has 0 unspecified atom stereocenters. The fourth-order valence-corrected chi connectivity index (χ4v) is 1.41. The van der Waals surface area contributed by atoms with Crippen molar-refractivity contribution in [2.45, 2.75) is 6.92 Å². The zero-order valence-corrected chi connectivity index (χ0v) is 9.45. The second-order valence-electron chi connectivity index (χ2n) is 3.60. The fraction of sp³-hybridized carbons (Fsp3) is 0.0833. The Morgan fingerprint density at radius 1 is 1.28 bits per heavy atom. The highest BCUT2D eigenvalue weighted by molar-refractivity contribution is 6.03. The van der Waals surface area contributed by atoms with Crippen molar-refractivity contribution in [3.05, 3.63) is 53.6 Å². The van der Waals surface area contributed by atoms with Crippen molar-refractivity contribution in [3.63, 3.8) is 0 Å². The minimum absolute atomic E-state index is 0.182. The normalized spacial score (nSPS) is 10.2. The van der Waals surface area contributed by atoms with Gasteiger partial charge in [-0.05, 0) is 30.7 Å². The van der Waals surface area contributed by atoms with Crippen molar-refractivity contribution < 1.29 is 13.6 Å². The third-order valence-corrected chi connectivity index (χ3v) is 2.29. The van der Waals surface area contributed by atoms with Crippen LogP contribution >= 0.6 is 0 Å². The summed E-state index contributed by atoms with van der Waals surface area (Å²) in [4.78, 5) is 18.7. The Balaban J connectivity index is 2.24. The summed E-state index contributed by atoms with van der Waals surface area (Å²) in [5.41, 5.74) is 0.651. The Bertz CT molecular complexity index is 602. The number of hydrogen-bond acceptors (Lipinski definition) is 3. The average molecular weight is 249 g/mol. The summed E-state index contributed by atoms with van der Waals surface area (Å²) >= 11 is 0. The molecular weight excluding hydrogens is 240 g/mol. The van der Waals surface area contributed by atoms with Crippen molar-refractivity contribution in [1.82, 2.24) is 9.97 Å². The van der Waals surface area contributed by atoms with Gasteiger partial charge in [0.2, 0.25) is 11.9 Å². The summed E-state index contributed by atoms with van der Waals surface area (Å²) in [7, 11) is 0. The Labute approximate surface area is 102 Å². The lowest BCUT2D eigenvalue weighted by atomic mass is 10.2. The molecule has 2 heterocycles. The molecule has 6 heteroatoms. The van der Waals surface area contributed by atoms with E-state index in [-0.39, 0.29) is 11.4 Å². The number of carbonyl (C=O) groups excluding carboxylic acids is 1. The molecule has 0 radical (unpaired) electrons. The third-order valence-electron chi connectivity index (χ3n) is 2.29. The summed E-state index contributed by atoms with van der Waals surface area (Å²) in [6.07, 6.45) is 1.46. The molecule has 2 aromatic heterocycles. The molecule has 2 rings (SSSR count). The summed E-state index contributed by atoms with van der Waals surface area (Å²) < 4.78 is 25.8. The molecule has 2 aromatic rings. The molecule has 0 fully saturated rings. The van der Waals surface area contributed by atoms with Gasteiger partial charge in [0.1, 0.15) is 5.69 Å². The topological polar surface area (TPSA) is 54.9 Å². The molecule has 0 atom stereocenters. The Morgan fingerprint density at radius 3 is 2.72 bits per heavy atom. The summed E-state index contributed by atoms with van der Waals surface area (Å²) in [6, 6.07) is 5.46. The van der Waals surface area contributed by atoms with Gasteiger partial charge in [-0.2, -0.15) is 13.8 Å². The van der Waals surface area contributed by atoms with Crippen LogP contribution in [0.2, 0.25) is 0 Å². The van der Waals surface area contributed by atoms with Crippen molar-refractivity contribution in [1.29, 1.82) is 0 Å². The van der Waals surface area contributed by atoms with Gasteiger partial charge in [0.05, 0.1) is 5.69 Å². The second-order valence-corrected chi connectivity index (χ2v) is 3.60. The highest BCUT2D eigenvalue weighted by Crippen LogP contribution is 2.13. The van der Waals surface area contributed by atoms with E-state index in [2.05, 4.69) is 15.3 Å². The molecule has 0 saturated carbocycles. The van der Waals surface area contributed by atoms with E-state index in [1.807, 2.05) is 0 Å². The molecule has 92 valence electrons. The lowest BCUT2D eigenvalue weighted by Gasteiger charge is -2.06. The Kier molecular flexibility index (Phi) is 3.27. The van der Waals surface area contributed by atoms with E-state index in [4.69, 9.17) is 0 Å². The van der Waals surface area contributed by atoms with E-state index in [1.165, 1.54) is 6.20 Å². The standard InChI is InChI=1S/C12H9F2N3O/c1-7-3-2-6-15-10(7)12(18)16-8-4-5-9(13)17-11(8)14/h2-6H,1H3,(H,16,18). The number of aryl methyl sites for hydroxylation is 1. The van der Waals surface area contributed by atoms with Gasteiger partial charge in [-0.1, -0.05) is 6.07 Å². The van der Waals surface area contributed by atoms with Crippen molar-refractivity contribution in [2.24, 2.45) is 0 Å². The molecule has 4 nitrogen and oxygen atoms in total. The maximum Gasteiger partial charge on any atom is 0.274 e. The van der Waals surface area contributed by atoms with Gasteiger partial charge in [-0.3, -0.25) is 9.78 Å². The first-order valence-corrected chi connectivity index (χ1v) is 5.13. The number of hydrogen-bond donors (Lipinski definition) is 1. The van der Waals surface area contributed by atoms with Crippen molar-refractivity contribution in [2.75, 3.05) is 5.32 Å². The van der Waals surface area contributed by atoms with E-state index >= 15 is 0 Å². The molecule has 0 aliphatic heterocycles. The number of aromatic nitrogens is 2. The second kappa shape index (κ2) is 4.87. The van der Waals surface area contributed by atoms with E-state index < -0.39 is 17.8 Å². The molecule has 1 amide bonds.